The molecule has 1 saturated heterocycles. The zero-order valence-corrected chi connectivity index (χ0v) is 16.5. The number of nitrogens with one attached hydrogen (secondary N) is 1. The van der Waals surface area contributed by atoms with Crippen molar-refractivity contribution in [2.75, 3.05) is 19.7 Å². The Balaban J connectivity index is 1.52. The molecule has 144 valence electrons. The summed E-state index contributed by atoms with van der Waals surface area (Å²) in [5, 5.41) is 3.00. The minimum absolute atomic E-state index is 0.0403. The van der Waals surface area contributed by atoms with Gasteiger partial charge in [0.25, 0.3) is 5.91 Å². The third-order valence-corrected chi connectivity index (χ3v) is 5.14. The number of nitrogens with zero attached hydrogens (tertiary/aromatic N) is 1. The largest absolute Gasteiger partial charge is 0.483 e. The van der Waals surface area contributed by atoms with Crippen molar-refractivity contribution in [3.63, 3.8) is 0 Å². The van der Waals surface area contributed by atoms with Crippen LogP contribution in [0.25, 0.3) is 0 Å². The van der Waals surface area contributed by atoms with E-state index in [-0.39, 0.29) is 12.5 Å². The standard InChI is InChI=1S/C23H30N2O2/c1-18-10-11-19(2)22(14-18)27-17-23(26)24-15-20-8-4-5-9-21(20)16-25-12-6-3-7-13-25/h4-5,8-11,14H,3,6-7,12-13,15-17H2,1-2H3,(H,24,26). The van der Waals surface area contributed by atoms with E-state index in [9.17, 15) is 4.79 Å². The van der Waals surface area contributed by atoms with Gasteiger partial charge in [-0.1, -0.05) is 42.8 Å². The molecule has 27 heavy (non-hydrogen) atoms. The summed E-state index contributed by atoms with van der Waals surface area (Å²) >= 11 is 0. The van der Waals surface area contributed by atoms with E-state index in [0.29, 0.717) is 6.54 Å². The van der Waals surface area contributed by atoms with Gasteiger partial charge in [-0.05, 0) is 68.1 Å². The molecule has 0 spiro atoms. The number of carbonyl (C=O) groups excluding carboxylic acids is 1. The summed E-state index contributed by atoms with van der Waals surface area (Å²) in [5.74, 6) is 0.680. The first kappa shape index (κ1) is 19.4. The Hall–Kier alpha value is -2.33. The van der Waals surface area contributed by atoms with Gasteiger partial charge >= 0.3 is 0 Å². The maximum absolute atomic E-state index is 12.2. The fourth-order valence-electron chi connectivity index (χ4n) is 3.49. The van der Waals surface area contributed by atoms with E-state index in [0.717, 1.165) is 23.4 Å². The normalized spacial score (nSPS) is 14.7. The summed E-state index contributed by atoms with van der Waals surface area (Å²) in [6.45, 7) is 7.90. The van der Waals surface area contributed by atoms with Gasteiger partial charge in [0.2, 0.25) is 0 Å². The molecule has 4 heteroatoms. The number of piperidine rings is 1. The molecule has 0 radical (unpaired) electrons. The molecule has 3 rings (SSSR count). The van der Waals surface area contributed by atoms with Crippen molar-refractivity contribution in [3.8, 4) is 5.75 Å². The van der Waals surface area contributed by atoms with Gasteiger partial charge in [0, 0.05) is 13.1 Å². The summed E-state index contributed by atoms with van der Waals surface area (Å²) in [4.78, 5) is 14.7. The predicted octanol–water partition coefficient (Wildman–Crippen LogP) is 3.98. The first-order chi connectivity index (χ1) is 13.1. The number of hydrogen-bond acceptors (Lipinski definition) is 3. The summed E-state index contributed by atoms with van der Waals surface area (Å²) in [7, 11) is 0. The maximum atomic E-state index is 12.2. The molecule has 0 bridgehead atoms. The van der Waals surface area contributed by atoms with Crippen molar-refractivity contribution in [2.45, 2.75) is 46.2 Å². The van der Waals surface area contributed by atoms with Gasteiger partial charge in [0.1, 0.15) is 5.75 Å². The third-order valence-electron chi connectivity index (χ3n) is 5.14. The Morgan fingerprint density at radius 1 is 1.04 bits per heavy atom. The van der Waals surface area contributed by atoms with Crippen LogP contribution in [-0.2, 0) is 17.9 Å². The van der Waals surface area contributed by atoms with Gasteiger partial charge in [0.05, 0.1) is 0 Å². The Labute approximate surface area is 162 Å². The lowest BCUT2D eigenvalue weighted by molar-refractivity contribution is -0.123. The van der Waals surface area contributed by atoms with Crippen molar-refractivity contribution in [2.24, 2.45) is 0 Å². The summed E-state index contributed by atoms with van der Waals surface area (Å²) in [6.07, 6.45) is 3.91. The zero-order valence-electron chi connectivity index (χ0n) is 16.5. The highest BCUT2D eigenvalue weighted by molar-refractivity contribution is 5.77. The Morgan fingerprint density at radius 2 is 1.78 bits per heavy atom. The molecule has 1 aliphatic heterocycles. The second-order valence-corrected chi connectivity index (χ2v) is 7.44. The highest BCUT2D eigenvalue weighted by Crippen LogP contribution is 2.19. The number of aryl methyl sites for hydroxylation is 2. The fourth-order valence-corrected chi connectivity index (χ4v) is 3.49. The van der Waals surface area contributed by atoms with Crippen LogP contribution in [0.1, 0.15) is 41.5 Å². The molecule has 0 aromatic heterocycles. The Morgan fingerprint density at radius 3 is 2.56 bits per heavy atom. The summed E-state index contributed by atoms with van der Waals surface area (Å²) < 4.78 is 5.70. The first-order valence-corrected chi connectivity index (χ1v) is 9.88. The first-order valence-electron chi connectivity index (χ1n) is 9.88. The van der Waals surface area contributed by atoms with Gasteiger partial charge in [0.15, 0.2) is 6.61 Å². The third kappa shape index (κ3) is 5.83. The molecule has 1 fully saturated rings. The minimum Gasteiger partial charge on any atom is -0.483 e. The van der Waals surface area contributed by atoms with Gasteiger partial charge in [-0.3, -0.25) is 9.69 Å². The quantitative estimate of drug-likeness (QED) is 0.806. The number of hydrogen-bond donors (Lipinski definition) is 1. The zero-order chi connectivity index (χ0) is 19.1. The van der Waals surface area contributed by atoms with E-state index in [1.165, 1.54) is 43.5 Å². The molecule has 2 aromatic carbocycles. The number of amides is 1. The maximum Gasteiger partial charge on any atom is 0.258 e. The number of benzene rings is 2. The summed E-state index contributed by atoms with van der Waals surface area (Å²) in [6, 6.07) is 14.4. The van der Waals surface area contributed by atoms with Crippen LogP contribution in [-0.4, -0.2) is 30.5 Å². The molecule has 0 atom stereocenters. The Kier molecular flexibility index (Phi) is 6.88. The number of ether oxygens (including phenoxy) is 1. The fraction of sp³-hybridized carbons (Fsp3) is 0.435. The van der Waals surface area contributed by atoms with E-state index >= 15 is 0 Å². The smallest absolute Gasteiger partial charge is 0.258 e. The highest BCUT2D eigenvalue weighted by atomic mass is 16.5. The van der Waals surface area contributed by atoms with Gasteiger partial charge in [-0.2, -0.15) is 0 Å². The number of rotatable bonds is 7. The lowest BCUT2D eigenvalue weighted by Gasteiger charge is -2.27. The molecule has 0 aliphatic carbocycles. The van der Waals surface area contributed by atoms with Crippen LogP contribution < -0.4 is 10.1 Å². The van der Waals surface area contributed by atoms with Crippen LogP contribution in [0.3, 0.4) is 0 Å². The molecule has 1 amide bonds. The van der Waals surface area contributed by atoms with Crippen molar-refractivity contribution >= 4 is 5.91 Å². The molecule has 1 aliphatic rings. The van der Waals surface area contributed by atoms with Crippen molar-refractivity contribution in [3.05, 3.63) is 64.7 Å². The lowest BCUT2D eigenvalue weighted by Crippen LogP contribution is -2.31. The molecule has 0 unspecified atom stereocenters. The van der Waals surface area contributed by atoms with E-state index in [4.69, 9.17) is 4.74 Å². The second-order valence-electron chi connectivity index (χ2n) is 7.44. The van der Waals surface area contributed by atoms with E-state index < -0.39 is 0 Å². The molecular weight excluding hydrogens is 336 g/mol. The molecule has 0 saturated carbocycles. The second kappa shape index (κ2) is 9.56. The van der Waals surface area contributed by atoms with Crippen LogP contribution >= 0.6 is 0 Å². The van der Waals surface area contributed by atoms with Crippen LogP contribution in [0.4, 0.5) is 0 Å². The van der Waals surface area contributed by atoms with E-state index in [1.807, 2.05) is 38.1 Å². The molecule has 1 N–H and O–H groups in total. The molecule has 4 nitrogen and oxygen atoms in total. The van der Waals surface area contributed by atoms with Crippen LogP contribution in [0.5, 0.6) is 5.75 Å². The molecule has 1 heterocycles. The van der Waals surface area contributed by atoms with E-state index in [1.54, 1.807) is 0 Å². The molecular formula is C23H30N2O2. The van der Waals surface area contributed by atoms with Crippen molar-refractivity contribution in [1.29, 1.82) is 0 Å². The van der Waals surface area contributed by atoms with Crippen molar-refractivity contribution in [1.82, 2.24) is 10.2 Å². The van der Waals surface area contributed by atoms with Crippen LogP contribution in [0, 0.1) is 13.8 Å². The number of carbonyl (C=O) groups is 1. The average Bonchev–Trinajstić information content (AvgIpc) is 2.69. The van der Waals surface area contributed by atoms with Crippen LogP contribution in [0.2, 0.25) is 0 Å². The lowest BCUT2D eigenvalue weighted by atomic mass is 10.0. The van der Waals surface area contributed by atoms with Gasteiger partial charge < -0.3 is 10.1 Å². The average molecular weight is 367 g/mol. The number of likely N-dealkylation sites (tertiary alicyclic amines) is 1. The SMILES string of the molecule is Cc1ccc(C)c(OCC(=O)NCc2ccccc2CN2CCCCC2)c1. The monoisotopic (exact) mass is 366 g/mol. The van der Waals surface area contributed by atoms with Crippen molar-refractivity contribution < 1.29 is 9.53 Å². The predicted molar refractivity (Wildman–Crippen MR) is 109 cm³/mol. The highest BCUT2D eigenvalue weighted by Gasteiger charge is 2.13. The van der Waals surface area contributed by atoms with Gasteiger partial charge in [-0.15, -0.1) is 0 Å². The Bertz CT molecular complexity index is 767. The van der Waals surface area contributed by atoms with Gasteiger partial charge in [-0.25, -0.2) is 0 Å². The summed E-state index contributed by atoms with van der Waals surface area (Å²) in [5.41, 5.74) is 4.65. The molecule has 2 aromatic rings. The topological polar surface area (TPSA) is 41.6 Å². The minimum atomic E-state index is -0.0938. The van der Waals surface area contributed by atoms with E-state index in [2.05, 4.69) is 28.4 Å². The van der Waals surface area contributed by atoms with Crippen LogP contribution in [0.15, 0.2) is 42.5 Å².